The Balaban J connectivity index is 2.22. The molecule has 0 spiro atoms. The van der Waals surface area contributed by atoms with Crippen LogP contribution in [0.1, 0.15) is 5.56 Å². The highest BCUT2D eigenvalue weighted by atomic mass is 32.2. The minimum absolute atomic E-state index is 0.0139. The number of aryl methyl sites for hydroxylation is 1. The predicted octanol–water partition coefficient (Wildman–Crippen LogP) is 2.40. The monoisotopic (exact) mass is 283 g/mol. The Morgan fingerprint density at radius 1 is 1.30 bits per heavy atom. The van der Waals surface area contributed by atoms with Crippen LogP contribution in [-0.4, -0.2) is 20.4 Å². The van der Waals surface area contributed by atoms with Gasteiger partial charge in [0.05, 0.1) is 5.52 Å². The molecule has 3 aromatic rings. The van der Waals surface area contributed by atoms with Gasteiger partial charge in [-0.05, 0) is 6.07 Å². The number of hydrogen-bond donors (Lipinski definition) is 2. The molecule has 3 N–H and O–H groups in total. The summed E-state index contributed by atoms with van der Waals surface area (Å²) in [6.07, 6.45) is 5.29. The second-order valence-corrected chi connectivity index (χ2v) is 5.33. The van der Waals surface area contributed by atoms with Crippen molar-refractivity contribution >= 4 is 28.5 Å². The molecule has 0 aliphatic carbocycles. The first kappa shape index (κ1) is 12.7. The van der Waals surface area contributed by atoms with Crippen molar-refractivity contribution < 1.29 is 0 Å². The highest BCUT2D eigenvalue weighted by molar-refractivity contribution is 7.99. The maximum absolute atomic E-state index is 7.73. The number of amidine groups is 1. The van der Waals surface area contributed by atoms with E-state index < -0.39 is 0 Å². The molecule has 6 heteroatoms. The Hall–Kier alpha value is -2.34. The molecule has 0 aliphatic heterocycles. The molecule has 100 valence electrons. The van der Waals surface area contributed by atoms with Crippen LogP contribution in [0.5, 0.6) is 0 Å². The van der Waals surface area contributed by atoms with Gasteiger partial charge in [0.25, 0.3) is 0 Å². The number of nitrogen functional groups attached to an aromatic ring is 1. The van der Waals surface area contributed by atoms with E-state index in [2.05, 4.69) is 9.97 Å². The third-order valence-electron chi connectivity index (χ3n) is 2.99. The highest BCUT2D eigenvalue weighted by Crippen LogP contribution is 2.34. The number of benzene rings is 1. The number of nitrogens with two attached hydrogens (primary N) is 1. The van der Waals surface area contributed by atoms with Crippen LogP contribution in [0, 0.1) is 5.41 Å². The van der Waals surface area contributed by atoms with Crippen molar-refractivity contribution in [3.63, 3.8) is 0 Å². The van der Waals surface area contributed by atoms with Crippen LogP contribution in [-0.2, 0) is 7.05 Å². The number of nitrogens with one attached hydrogen (secondary N) is 1. The topological polar surface area (TPSA) is 80.6 Å². The Bertz CT molecular complexity index is 793. The van der Waals surface area contributed by atoms with Crippen LogP contribution in [0.15, 0.2) is 52.9 Å². The fourth-order valence-corrected chi connectivity index (χ4v) is 3.02. The molecule has 2 heterocycles. The third kappa shape index (κ3) is 2.14. The van der Waals surface area contributed by atoms with Crippen LogP contribution in [0.4, 0.5) is 0 Å². The summed E-state index contributed by atoms with van der Waals surface area (Å²) in [4.78, 5) is 9.58. The molecule has 0 radical (unpaired) electrons. The van der Waals surface area contributed by atoms with Gasteiger partial charge in [0, 0.05) is 41.5 Å². The van der Waals surface area contributed by atoms with Crippen LogP contribution in [0.2, 0.25) is 0 Å². The van der Waals surface area contributed by atoms with Gasteiger partial charge in [0.2, 0.25) is 0 Å². The van der Waals surface area contributed by atoms with E-state index in [0.29, 0.717) is 5.56 Å². The molecule has 0 fully saturated rings. The zero-order valence-electron chi connectivity index (χ0n) is 10.9. The molecule has 0 saturated heterocycles. The number of imidazole rings is 1. The van der Waals surface area contributed by atoms with E-state index in [-0.39, 0.29) is 5.84 Å². The van der Waals surface area contributed by atoms with E-state index >= 15 is 0 Å². The molecule has 2 aromatic heterocycles. The summed E-state index contributed by atoms with van der Waals surface area (Å²) in [6, 6.07) is 7.83. The first-order chi connectivity index (χ1) is 9.66. The zero-order valence-corrected chi connectivity index (χ0v) is 11.7. The van der Waals surface area contributed by atoms with Gasteiger partial charge in [0.15, 0.2) is 5.16 Å². The quantitative estimate of drug-likeness (QED) is 0.571. The standard InChI is InChI=1S/C14H13N5S/c1-19-7-6-17-14(19)20-12-9-4-2-3-5-11(9)18-8-10(12)13(15)16/h2-8H,1H3,(H3,15,16). The zero-order chi connectivity index (χ0) is 14.1. The van der Waals surface area contributed by atoms with Gasteiger partial charge < -0.3 is 10.3 Å². The minimum Gasteiger partial charge on any atom is -0.384 e. The smallest absolute Gasteiger partial charge is 0.172 e. The summed E-state index contributed by atoms with van der Waals surface area (Å²) >= 11 is 1.50. The lowest BCUT2D eigenvalue weighted by molar-refractivity contribution is 0.790. The van der Waals surface area contributed by atoms with Gasteiger partial charge in [-0.1, -0.05) is 30.0 Å². The normalized spacial score (nSPS) is 10.8. The van der Waals surface area contributed by atoms with Crippen molar-refractivity contribution in [3.05, 3.63) is 48.4 Å². The lowest BCUT2D eigenvalue weighted by atomic mass is 10.1. The van der Waals surface area contributed by atoms with Crippen molar-refractivity contribution in [3.8, 4) is 0 Å². The minimum atomic E-state index is 0.0139. The maximum atomic E-state index is 7.73. The Morgan fingerprint density at radius 3 is 2.80 bits per heavy atom. The van der Waals surface area contributed by atoms with Crippen LogP contribution >= 0.6 is 11.8 Å². The number of pyridine rings is 1. The second-order valence-electron chi connectivity index (χ2n) is 4.35. The van der Waals surface area contributed by atoms with Crippen molar-refractivity contribution in [1.29, 1.82) is 5.41 Å². The summed E-state index contributed by atoms with van der Waals surface area (Å²) in [6.45, 7) is 0. The second kappa shape index (κ2) is 4.97. The molecule has 0 bridgehead atoms. The van der Waals surface area contributed by atoms with E-state index in [1.54, 1.807) is 12.4 Å². The summed E-state index contributed by atoms with van der Waals surface area (Å²) in [5.74, 6) is 0.0139. The molecular weight excluding hydrogens is 270 g/mol. The van der Waals surface area contributed by atoms with Gasteiger partial charge in [-0.3, -0.25) is 10.4 Å². The van der Waals surface area contributed by atoms with Crippen molar-refractivity contribution in [2.75, 3.05) is 0 Å². The molecular formula is C14H13N5S. The lowest BCUT2D eigenvalue weighted by Gasteiger charge is -2.10. The average Bonchev–Trinajstić information content (AvgIpc) is 2.84. The first-order valence-electron chi connectivity index (χ1n) is 6.04. The van der Waals surface area contributed by atoms with Crippen molar-refractivity contribution in [2.45, 2.75) is 10.1 Å². The number of fused-ring (bicyclic) bond motifs is 1. The maximum Gasteiger partial charge on any atom is 0.172 e. The fourth-order valence-electron chi connectivity index (χ4n) is 1.96. The fraction of sp³-hybridized carbons (Fsp3) is 0.0714. The van der Waals surface area contributed by atoms with E-state index in [1.165, 1.54) is 11.8 Å². The molecule has 0 unspecified atom stereocenters. The molecule has 0 amide bonds. The van der Waals surface area contributed by atoms with Crippen LogP contribution in [0.3, 0.4) is 0 Å². The number of nitrogens with zero attached hydrogens (tertiary/aromatic N) is 3. The first-order valence-corrected chi connectivity index (χ1v) is 6.86. The SMILES string of the molecule is Cn1ccnc1Sc1c(C(=N)N)cnc2ccccc12. The Morgan fingerprint density at radius 2 is 2.10 bits per heavy atom. The molecule has 0 saturated carbocycles. The molecule has 0 atom stereocenters. The van der Waals surface area contributed by atoms with E-state index in [9.17, 15) is 0 Å². The summed E-state index contributed by atoms with van der Waals surface area (Å²) in [5.41, 5.74) is 7.19. The molecule has 3 rings (SSSR count). The van der Waals surface area contributed by atoms with Gasteiger partial charge in [0.1, 0.15) is 5.84 Å². The molecule has 20 heavy (non-hydrogen) atoms. The van der Waals surface area contributed by atoms with Crippen molar-refractivity contribution in [1.82, 2.24) is 14.5 Å². The average molecular weight is 283 g/mol. The van der Waals surface area contributed by atoms with E-state index in [1.807, 2.05) is 42.1 Å². The Kier molecular flexibility index (Phi) is 3.15. The summed E-state index contributed by atoms with van der Waals surface area (Å²) in [5, 5.41) is 9.56. The van der Waals surface area contributed by atoms with Gasteiger partial charge >= 0.3 is 0 Å². The van der Waals surface area contributed by atoms with E-state index in [4.69, 9.17) is 11.1 Å². The highest BCUT2D eigenvalue weighted by Gasteiger charge is 2.14. The number of hydrogen-bond acceptors (Lipinski definition) is 4. The Labute approximate surface area is 120 Å². The van der Waals surface area contributed by atoms with E-state index in [0.717, 1.165) is 21.0 Å². The number of para-hydroxylation sites is 1. The molecule has 1 aromatic carbocycles. The predicted molar refractivity (Wildman–Crippen MR) is 80.1 cm³/mol. The summed E-state index contributed by atoms with van der Waals surface area (Å²) in [7, 11) is 1.94. The largest absolute Gasteiger partial charge is 0.384 e. The third-order valence-corrected chi connectivity index (χ3v) is 4.21. The lowest BCUT2D eigenvalue weighted by Crippen LogP contribution is -2.13. The number of aromatic nitrogens is 3. The van der Waals surface area contributed by atoms with Crippen molar-refractivity contribution in [2.24, 2.45) is 12.8 Å². The molecule has 0 aliphatic rings. The molecule has 5 nitrogen and oxygen atoms in total. The van der Waals surface area contributed by atoms with Crippen LogP contribution in [0.25, 0.3) is 10.9 Å². The van der Waals surface area contributed by atoms with Gasteiger partial charge in [-0.25, -0.2) is 4.98 Å². The summed E-state index contributed by atoms with van der Waals surface area (Å²) < 4.78 is 1.93. The van der Waals surface area contributed by atoms with Crippen LogP contribution < -0.4 is 5.73 Å². The van der Waals surface area contributed by atoms with Gasteiger partial charge in [-0.15, -0.1) is 0 Å². The number of rotatable bonds is 3. The van der Waals surface area contributed by atoms with Gasteiger partial charge in [-0.2, -0.15) is 0 Å².